The summed E-state index contributed by atoms with van der Waals surface area (Å²) in [5.74, 6) is 0.650. The number of nitrogens with zero attached hydrogens (tertiary/aromatic N) is 4. The Bertz CT molecular complexity index is 3750. The lowest BCUT2D eigenvalue weighted by Gasteiger charge is -2.15. The second-order valence-corrected chi connectivity index (χ2v) is 15.7. The first-order valence-corrected chi connectivity index (χ1v) is 20.5. The first-order valence-electron chi connectivity index (χ1n) is 20.5. The fraction of sp³-hybridized carbons (Fsp3) is 0. The molecular weight excluding hydrogens is 729 g/mol. The van der Waals surface area contributed by atoms with E-state index in [9.17, 15) is 0 Å². The Hall–Kier alpha value is -8.08. The minimum atomic E-state index is 0.650. The van der Waals surface area contributed by atoms with Crippen molar-refractivity contribution in [2.24, 2.45) is 0 Å². The highest BCUT2D eigenvalue weighted by Crippen LogP contribution is 2.49. The van der Waals surface area contributed by atoms with Crippen molar-refractivity contribution < 1.29 is 0 Å². The Morgan fingerprint density at radius 1 is 0.300 bits per heavy atom. The first-order chi connectivity index (χ1) is 29.8. The predicted octanol–water partition coefficient (Wildman–Crippen LogP) is 14.6. The smallest absolute Gasteiger partial charge is 0.235 e. The van der Waals surface area contributed by atoms with Crippen molar-refractivity contribution in [3.05, 3.63) is 206 Å². The summed E-state index contributed by atoms with van der Waals surface area (Å²) < 4.78 is 4.68. The molecule has 0 aliphatic rings. The summed E-state index contributed by atoms with van der Waals surface area (Å²) in [6.07, 6.45) is 0. The standard InChI is InChI=1S/C56H34N4/c1-4-16-36(17-5-1)46-34-47(37-18-6-2-7-19-37)58-56(57-46)60-50-26-14-24-43-52-40-22-11-10-15-35(40)27-29-44(52)53-41(30-32-51(60)55(53)54(43)50)38-28-31-49-45(33-38)42-23-12-13-25-48(42)59(49)39-20-8-3-9-21-39/h1-34H. The Labute approximate surface area is 345 Å². The van der Waals surface area contributed by atoms with E-state index in [4.69, 9.17) is 9.97 Å². The summed E-state index contributed by atoms with van der Waals surface area (Å²) in [6.45, 7) is 0. The predicted molar refractivity (Wildman–Crippen MR) is 251 cm³/mol. The number of aromatic nitrogens is 4. The van der Waals surface area contributed by atoms with Crippen LogP contribution in [0.1, 0.15) is 0 Å². The highest BCUT2D eigenvalue weighted by atomic mass is 15.2. The molecule has 0 radical (unpaired) electrons. The van der Waals surface area contributed by atoms with Crippen LogP contribution in [0.25, 0.3) is 121 Å². The third-order valence-electron chi connectivity index (χ3n) is 12.5. The summed E-state index contributed by atoms with van der Waals surface area (Å²) in [7, 11) is 0. The van der Waals surface area contributed by atoms with Gasteiger partial charge < -0.3 is 4.57 Å². The third kappa shape index (κ3) is 4.73. The van der Waals surface area contributed by atoms with Crippen molar-refractivity contribution in [2.75, 3.05) is 0 Å². The lowest BCUT2D eigenvalue weighted by Crippen LogP contribution is -2.04. The van der Waals surface area contributed by atoms with E-state index in [1.807, 2.05) is 12.1 Å². The first kappa shape index (κ1) is 32.9. The molecule has 0 aliphatic heterocycles. The third-order valence-corrected chi connectivity index (χ3v) is 12.5. The molecule has 278 valence electrons. The molecule has 4 heteroatoms. The molecule has 0 saturated carbocycles. The molecule has 10 aromatic carbocycles. The van der Waals surface area contributed by atoms with E-state index in [1.165, 1.54) is 76.0 Å². The second-order valence-electron chi connectivity index (χ2n) is 15.7. The highest BCUT2D eigenvalue weighted by molar-refractivity contribution is 6.40. The van der Waals surface area contributed by atoms with E-state index < -0.39 is 0 Å². The Morgan fingerprint density at radius 3 is 1.65 bits per heavy atom. The molecule has 3 heterocycles. The van der Waals surface area contributed by atoms with Crippen LogP contribution in [0.3, 0.4) is 0 Å². The number of fused-ring (bicyclic) bond motifs is 8. The van der Waals surface area contributed by atoms with Gasteiger partial charge in [0.2, 0.25) is 5.95 Å². The monoisotopic (exact) mass is 762 g/mol. The van der Waals surface area contributed by atoms with Gasteiger partial charge in [0.15, 0.2) is 0 Å². The fourth-order valence-electron chi connectivity index (χ4n) is 9.91. The van der Waals surface area contributed by atoms with Crippen LogP contribution in [0.2, 0.25) is 0 Å². The van der Waals surface area contributed by atoms with Crippen LogP contribution in [0.5, 0.6) is 0 Å². The molecule has 0 saturated heterocycles. The molecule has 4 nitrogen and oxygen atoms in total. The van der Waals surface area contributed by atoms with Crippen LogP contribution in [-0.2, 0) is 0 Å². The SMILES string of the molecule is c1ccc(-c2cc(-c3ccccc3)nc(-n3c4cccc5c6c7ccccc7ccc6c6c(-c7ccc8c(c7)c7ccccc7n8-c7ccccc7)ccc3c6c54)n2)cc1. The molecule has 0 atom stereocenters. The van der Waals surface area contributed by atoms with Crippen molar-refractivity contribution in [1.29, 1.82) is 0 Å². The quantitative estimate of drug-likeness (QED) is 0.164. The largest absolute Gasteiger partial charge is 0.309 e. The maximum absolute atomic E-state index is 5.37. The topological polar surface area (TPSA) is 35.6 Å². The molecule has 60 heavy (non-hydrogen) atoms. The molecule has 0 unspecified atom stereocenters. The normalized spacial score (nSPS) is 12.0. The molecule has 0 N–H and O–H groups in total. The van der Waals surface area contributed by atoms with Crippen molar-refractivity contribution in [1.82, 2.24) is 19.1 Å². The van der Waals surface area contributed by atoms with Crippen molar-refractivity contribution in [2.45, 2.75) is 0 Å². The second kappa shape index (κ2) is 12.7. The molecule has 13 rings (SSSR count). The zero-order valence-corrected chi connectivity index (χ0v) is 32.4. The molecule has 0 bridgehead atoms. The van der Waals surface area contributed by atoms with E-state index in [0.29, 0.717) is 5.95 Å². The summed E-state index contributed by atoms with van der Waals surface area (Å²) in [5, 5.41) is 12.4. The van der Waals surface area contributed by atoms with Crippen molar-refractivity contribution in [3.63, 3.8) is 0 Å². The Kier molecular flexibility index (Phi) is 6.98. The van der Waals surface area contributed by atoms with Crippen LogP contribution in [-0.4, -0.2) is 19.1 Å². The van der Waals surface area contributed by atoms with Gasteiger partial charge in [-0.1, -0.05) is 158 Å². The molecular formula is C56H34N4. The lowest BCUT2D eigenvalue weighted by atomic mass is 9.87. The molecule has 0 spiro atoms. The molecule has 0 aliphatic carbocycles. The lowest BCUT2D eigenvalue weighted by molar-refractivity contribution is 0.996. The maximum Gasteiger partial charge on any atom is 0.235 e. The van der Waals surface area contributed by atoms with Gasteiger partial charge >= 0.3 is 0 Å². The van der Waals surface area contributed by atoms with Gasteiger partial charge in [-0.25, -0.2) is 9.97 Å². The van der Waals surface area contributed by atoms with Gasteiger partial charge in [0.1, 0.15) is 0 Å². The average molecular weight is 763 g/mol. The highest BCUT2D eigenvalue weighted by Gasteiger charge is 2.25. The molecule has 13 aromatic rings. The molecule has 0 fully saturated rings. The number of benzene rings is 10. The van der Waals surface area contributed by atoms with Crippen molar-refractivity contribution in [3.8, 4) is 45.3 Å². The summed E-state index contributed by atoms with van der Waals surface area (Å²) >= 11 is 0. The van der Waals surface area contributed by atoms with Gasteiger partial charge in [0.05, 0.1) is 33.5 Å². The van der Waals surface area contributed by atoms with Crippen LogP contribution in [0, 0.1) is 0 Å². The number of hydrogen-bond donors (Lipinski definition) is 0. The van der Waals surface area contributed by atoms with Crippen molar-refractivity contribution >= 4 is 75.9 Å². The van der Waals surface area contributed by atoms with E-state index in [2.05, 4.69) is 203 Å². The number of rotatable bonds is 5. The molecule has 0 amide bonds. The van der Waals surface area contributed by atoms with E-state index in [1.54, 1.807) is 0 Å². The summed E-state index contributed by atoms with van der Waals surface area (Å²) in [5.41, 5.74) is 12.0. The van der Waals surface area contributed by atoms with Gasteiger partial charge in [-0.15, -0.1) is 0 Å². The zero-order chi connectivity index (χ0) is 39.3. The number of para-hydroxylation sites is 2. The van der Waals surface area contributed by atoms with E-state index >= 15 is 0 Å². The van der Waals surface area contributed by atoms with E-state index in [-0.39, 0.29) is 0 Å². The Morgan fingerprint density at radius 2 is 0.883 bits per heavy atom. The van der Waals surface area contributed by atoms with Gasteiger partial charge in [-0.05, 0) is 86.6 Å². The van der Waals surface area contributed by atoms with Crippen LogP contribution in [0.4, 0.5) is 0 Å². The van der Waals surface area contributed by atoms with Gasteiger partial charge in [0, 0.05) is 43.7 Å². The number of hydrogen-bond acceptors (Lipinski definition) is 2. The van der Waals surface area contributed by atoms with E-state index in [0.717, 1.165) is 39.2 Å². The van der Waals surface area contributed by atoms with Crippen LogP contribution >= 0.6 is 0 Å². The molecule has 3 aromatic heterocycles. The minimum Gasteiger partial charge on any atom is -0.309 e. The Balaban J connectivity index is 1.16. The van der Waals surface area contributed by atoms with Crippen LogP contribution < -0.4 is 0 Å². The summed E-state index contributed by atoms with van der Waals surface area (Å²) in [4.78, 5) is 10.7. The van der Waals surface area contributed by atoms with Gasteiger partial charge in [-0.2, -0.15) is 0 Å². The van der Waals surface area contributed by atoms with Gasteiger partial charge in [-0.3, -0.25) is 4.57 Å². The zero-order valence-electron chi connectivity index (χ0n) is 32.4. The fourth-order valence-corrected chi connectivity index (χ4v) is 9.91. The summed E-state index contributed by atoms with van der Waals surface area (Å²) in [6, 6.07) is 74.2. The van der Waals surface area contributed by atoms with Crippen LogP contribution in [0.15, 0.2) is 206 Å². The average Bonchev–Trinajstić information content (AvgIpc) is 3.84. The minimum absolute atomic E-state index is 0.650. The maximum atomic E-state index is 5.37. The van der Waals surface area contributed by atoms with Gasteiger partial charge in [0.25, 0.3) is 0 Å².